The number of hydrogen-bond donors (Lipinski definition) is 0. The molecular formula is C22H26ClFN2O2S. The molecule has 0 fully saturated rings. The van der Waals surface area contributed by atoms with Crippen LogP contribution in [0.3, 0.4) is 0 Å². The quantitative estimate of drug-likeness (QED) is 0.594. The van der Waals surface area contributed by atoms with Gasteiger partial charge in [0.25, 0.3) is 0 Å². The average molecular weight is 437 g/mol. The van der Waals surface area contributed by atoms with Gasteiger partial charge in [-0.3, -0.25) is 9.59 Å². The summed E-state index contributed by atoms with van der Waals surface area (Å²) in [5.41, 5.74) is 1.95. The van der Waals surface area contributed by atoms with E-state index >= 15 is 0 Å². The van der Waals surface area contributed by atoms with Gasteiger partial charge < -0.3 is 9.80 Å². The SMILES string of the molecule is CCCCN(CC(=O)N1CCc2sccc2C1c1ccc(F)cc1)C(=O)C(C)Cl. The first-order valence-electron chi connectivity index (χ1n) is 9.96. The molecule has 1 aromatic heterocycles. The predicted molar refractivity (Wildman–Crippen MR) is 115 cm³/mol. The van der Waals surface area contributed by atoms with E-state index < -0.39 is 5.38 Å². The van der Waals surface area contributed by atoms with Crippen molar-refractivity contribution in [1.82, 2.24) is 9.80 Å². The Labute approximate surface area is 180 Å². The summed E-state index contributed by atoms with van der Waals surface area (Å²) >= 11 is 7.69. The molecule has 1 aromatic carbocycles. The van der Waals surface area contributed by atoms with Gasteiger partial charge in [0.15, 0.2) is 0 Å². The molecule has 0 aliphatic carbocycles. The molecule has 4 nitrogen and oxygen atoms in total. The number of halogens is 2. The highest BCUT2D eigenvalue weighted by atomic mass is 35.5. The number of hydrogen-bond acceptors (Lipinski definition) is 3. The number of rotatable bonds is 7. The molecule has 2 amide bonds. The van der Waals surface area contributed by atoms with Crippen LogP contribution >= 0.6 is 22.9 Å². The van der Waals surface area contributed by atoms with Gasteiger partial charge in [0.05, 0.1) is 12.6 Å². The number of fused-ring (bicyclic) bond motifs is 1. The van der Waals surface area contributed by atoms with Gasteiger partial charge in [-0.25, -0.2) is 4.39 Å². The van der Waals surface area contributed by atoms with E-state index in [1.807, 2.05) is 23.3 Å². The predicted octanol–water partition coefficient (Wildman–Crippen LogP) is 4.62. The molecule has 7 heteroatoms. The maximum atomic E-state index is 13.5. The third kappa shape index (κ3) is 4.98. The maximum absolute atomic E-state index is 13.5. The van der Waals surface area contributed by atoms with Crippen molar-refractivity contribution in [3.05, 3.63) is 57.5 Å². The van der Waals surface area contributed by atoms with Gasteiger partial charge in [-0.15, -0.1) is 22.9 Å². The van der Waals surface area contributed by atoms with E-state index in [1.54, 1.807) is 35.3 Å². The van der Waals surface area contributed by atoms with Crippen LogP contribution in [0.1, 0.15) is 48.7 Å². The van der Waals surface area contributed by atoms with Crippen LogP contribution in [0.25, 0.3) is 0 Å². The minimum Gasteiger partial charge on any atom is -0.332 e. The van der Waals surface area contributed by atoms with E-state index in [1.165, 1.54) is 17.0 Å². The third-order valence-electron chi connectivity index (χ3n) is 5.23. The van der Waals surface area contributed by atoms with Crippen LogP contribution < -0.4 is 0 Å². The van der Waals surface area contributed by atoms with Crippen LogP contribution in [-0.4, -0.2) is 46.6 Å². The monoisotopic (exact) mass is 436 g/mol. The Hall–Kier alpha value is -1.92. The minimum atomic E-state index is -0.669. The first-order chi connectivity index (χ1) is 13.9. The van der Waals surface area contributed by atoms with Crippen molar-refractivity contribution in [3.8, 4) is 0 Å². The standard InChI is InChI=1S/C22H26ClFN2O2S/c1-3-4-11-25(22(28)15(2)23)14-20(27)26-12-9-19-18(10-13-29-19)21(26)16-5-7-17(24)8-6-16/h5-8,10,13,15,21H,3-4,9,11-12,14H2,1-2H3. The molecule has 1 aliphatic rings. The Morgan fingerprint density at radius 1 is 1.31 bits per heavy atom. The van der Waals surface area contributed by atoms with Crippen LogP contribution in [-0.2, 0) is 16.0 Å². The molecule has 156 valence electrons. The summed E-state index contributed by atoms with van der Waals surface area (Å²) < 4.78 is 13.5. The lowest BCUT2D eigenvalue weighted by atomic mass is 9.93. The molecule has 2 atom stereocenters. The molecule has 1 aliphatic heterocycles. The van der Waals surface area contributed by atoms with Crippen molar-refractivity contribution in [1.29, 1.82) is 0 Å². The summed E-state index contributed by atoms with van der Waals surface area (Å²) in [6.07, 6.45) is 2.53. The fourth-order valence-electron chi connectivity index (χ4n) is 3.71. The van der Waals surface area contributed by atoms with Gasteiger partial charge in [0.2, 0.25) is 11.8 Å². The first-order valence-corrected chi connectivity index (χ1v) is 11.3. The van der Waals surface area contributed by atoms with Crippen LogP contribution in [0.2, 0.25) is 0 Å². The molecule has 0 saturated heterocycles. The van der Waals surface area contributed by atoms with Crippen molar-refractivity contribution in [2.24, 2.45) is 0 Å². The Balaban J connectivity index is 1.87. The summed E-state index contributed by atoms with van der Waals surface area (Å²) in [5.74, 6) is -0.640. The fourth-order valence-corrected chi connectivity index (χ4v) is 4.75. The van der Waals surface area contributed by atoms with Crippen LogP contribution in [0.15, 0.2) is 35.7 Å². The van der Waals surface area contributed by atoms with E-state index in [0.717, 1.165) is 30.4 Å². The van der Waals surface area contributed by atoms with Gasteiger partial charge in [0, 0.05) is 18.0 Å². The fraction of sp³-hybridized carbons (Fsp3) is 0.455. The number of nitrogens with zero attached hydrogens (tertiary/aromatic N) is 2. The van der Waals surface area contributed by atoms with Gasteiger partial charge in [-0.05, 0) is 54.5 Å². The van der Waals surface area contributed by atoms with Crippen molar-refractivity contribution < 1.29 is 14.0 Å². The second-order valence-corrected chi connectivity index (χ2v) is 8.98. The Kier molecular flexibility index (Phi) is 7.30. The molecule has 0 spiro atoms. The van der Waals surface area contributed by atoms with Gasteiger partial charge in [-0.2, -0.15) is 0 Å². The number of unbranched alkanes of at least 4 members (excludes halogenated alkanes) is 1. The molecule has 0 saturated carbocycles. The lowest BCUT2D eigenvalue weighted by molar-refractivity contribution is -0.141. The highest BCUT2D eigenvalue weighted by molar-refractivity contribution is 7.10. The number of carbonyl (C=O) groups is 2. The van der Waals surface area contributed by atoms with Gasteiger partial charge in [-0.1, -0.05) is 25.5 Å². The van der Waals surface area contributed by atoms with Gasteiger partial charge in [0.1, 0.15) is 11.2 Å². The summed E-state index contributed by atoms with van der Waals surface area (Å²) in [5, 5.41) is 1.36. The zero-order chi connectivity index (χ0) is 21.0. The van der Waals surface area contributed by atoms with Crippen molar-refractivity contribution >= 4 is 34.8 Å². The molecule has 3 rings (SSSR count). The number of alkyl halides is 1. The molecule has 0 radical (unpaired) electrons. The minimum absolute atomic E-state index is 0.00700. The Morgan fingerprint density at radius 2 is 2.03 bits per heavy atom. The van der Waals surface area contributed by atoms with E-state index in [2.05, 4.69) is 0 Å². The maximum Gasteiger partial charge on any atom is 0.242 e. The first kappa shape index (κ1) is 21.8. The van der Waals surface area contributed by atoms with Crippen molar-refractivity contribution in [3.63, 3.8) is 0 Å². The molecule has 0 N–H and O–H groups in total. The van der Waals surface area contributed by atoms with E-state index in [4.69, 9.17) is 11.6 Å². The highest BCUT2D eigenvalue weighted by Gasteiger charge is 2.34. The van der Waals surface area contributed by atoms with Crippen molar-refractivity contribution in [2.75, 3.05) is 19.6 Å². The van der Waals surface area contributed by atoms with Crippen LogP contribution in [0.5, 0.6) is 0 Å². The van der Waals surface area contributed by atoms with E-state index in [0.29, 0.717) is 13.1 Å². The number of amides is 2. The van der Waals surface area contributed by atoms with Gasteiger partial charge >= 0.3 is 0 Å². The Bertz CT molecular complexity index is 853. The van der Waals surface area contributed by atoms with Crippen LogP contribution in [0, 0.1) is 5.82 Å². The summed E-state index contributed by atoms with van der Waals surface area (Å²) in [7, 11) is 0. The third-order valence-corrected chi connectivity index (χ3v) is 6.41. The second-order valence-electron chi connectivity index (χ2n) is 7.32. The highest BCUT2D eigenvalue weighted by Crippen LogP contribution is 2.37. The lowest BCUT2D eigenvalue weighted by Crippen LogP contribution is -2.48. The number of carbonyl (C=O) groups excluding carboxylic acids is 2. The van der Waals surface area contributed by atoms with E-state index in [9.17, 15) is 14.0 Å². The second kappa shape index (κ2) is 9.72. The smallest absolute Gasteiger partial charge is 0.242 e. The summed E-state index contributed by atoms with van der Waals surface area (Å²) in [6, 6.07) is 8.07. The van der Waals surface area contributed by atoms with Crippen LogP contribution in [0.4, 0.5) is 4.39 Å². The molecule has 0 bridgehead atoms. The zero-order valence-corrected chi connectivity index (χ0v) is 18.3. The topological polar surface area (TPSA) is 40.6 Å². The van der Waals surface area contributed by atoms with E-state index in [-0.39, 0.29) is 30.2 Å². The normalized spacial score (nSPS) is 17.0. The number of thiophene rings is 1. The molecule has 29 heavy (non-hydrogen) atoms. The summed E-state index contributed by atoms with van der Waals surface area (Å²) in [4.78, 5) is 30.4. The Morgan fingerprint density at radius 3 is 2.69 bits per heavy atom. The zero-order valence-electron chi connectivity index (χ0n) is 16.7. The molecular weight excluding hydrogens is 411 g/mol. The lowest BCUT2D eigenvalue weighted by Gasteiger charge is -2.37. The molecule has 2 heterocycles. The molecule has 2 aromatic rings. The van der Waals surface area contributed by atoms with Crippen molar-refractivity contribution in [2.45, 2.75) is 44.5 Å². The number of benzene rings is 1. The summed E-state index contributed by atoms with van der Waals surface area (Å²) in [6.45, 7) is 4.76. The average Bonchev–Trinajstić information content (AvgIpc) is 3.19. The largest absolute Gasteiger partial charge is 0.332 e. The molecule has 2 unspecified atom stereocenters.